The third-order valence-electron chi connectivity index (χ3n) is 3.89. The molecule has 2 heterocycles. The molecule has 0 radical (unpaired) electrons. The van der Waals surface area contributed by atoms with Crippen LogP contribution in [0.2, 0.25) is 0 Å². The molecule has 0 fully saturated rings. The smallest absolute Gasteiger partial charge is 0.217 e. The van der Waals surface area contributed by atoms with Crippen molar-refractivity contribution in [3.05, 3.63) is 83.6 Å². The van der Waals surface area contributed by atoms with Crippen LogP contribution in [0.1, 0.15) is 17.1 Å². The molecule has 8 heteroatoms. The number of halogens is 1. The molecule has 0 N–H and O–H groups in total. The summed E-state index contributed by atoms with van der Waals surface area (Å²) in [5.41, 5.74) is 2.44. The van der Waals surface area contributed by atoms with Gasteiger partial charge in [0.1, 0.15) is 12.4 Å². The molecule has 0 aliphatic heterocycles. The zero-order valence-electron chi connectivity index (χ0n) is 14.3. The molecule has 0 unspecified atom stereocenters. The minimum atomic E-state index is -0.290. The van der Waals surface area contributed by atoms with Crippen molar-refractivity contribution in [3.63, 3.8) is 0 Å². The number of fused-ring (bicyclic) bond motifs is 1. The molecule has 4 rings (SSSR count). The van der Waals surface area contributed by atoms with Crippen LogP contribution in [0, 0.1) is 5.82 Å². The van der Waals surface area contributed by atoms with E-state index in [9.17, 15) is 4.39 Å². The van der Waals surface area contributed by atoms with E-state index in [4.69, 9.17) is 9.57 Å². The number of tetrazole rings is 1. The summed E-state index contributed by atoms with van der Waals surface area (Å²) in [6.45, 7) is 0.840. The third kappa shape index (κ3) is 4.24. The quantitative estimate of drug-likeness (QED) is 0.501. The maximum absolute atomic E-state index is 13.2. The van der Waals surface area contributed by atoms with Crippen molar-refractivity contribution in [2.45, 2.75) is 19.8 Å². The molecular formula is C19H16FN5O2. The number of nitrogens with zero attached hydrogens (tertiary/aromatic N) is 5. The first-order valence-corrected chi connectivity index (χ1v) is 8.35. The van der Waals surface area contributed by atoms with Crippen molar-refractivity contribution in [1.82, 2.24) is 25.4 Å². The first-order chi connectivity index (χ1) is 13.3. The summed E-state index contributed by atoms with van der Waals surface area (Å²) in [4.78, 5) is 11.3. The highest BCUT2D eigenvalue weighted by Crippen LogP contribution is 2.14. The van der Waals surface area contributed by atoms with Crippen molar-refractivity contribution in [2.24, 2.45) is 0 Å². The maximum Gasteiger partial charge on any atom is 0.217 e. The molecule has 0 aliphatic carbocycles. The second kappa shape index (κ2) is 7.88. The van der Waals surface area contributed by atoms with Crippen molar-refractivity contribution in [2.75, 3.05) is 0 Å². The molecule has 2 aromatic carbocycles. The van der Waals surface area contributed by atoms with Crippen LogP contribution in [0.15, 0.2) is 60.7 Å². The lowest BCUT2D eigenvalue weighted by atomic mass is 10.2. The summed E-state index contributed by atoms with van der Waals surface area (Å²) in [6.07, 6.45) is 0. The fraction of sp³-hybridized carbons (Fsp3) is 0.158. The van der Waals surface area contributed by atoms with Gasteiger partial charge >= 0.3 is 0 Å². The number of hydrogen-bond donors (Lipinski definition) is 0. The Morgan fingerprint density at radius 2 is 1.81 bits per heavy atom. The average Bonchev–Trinajstić information content (AvgIpc) is 3.14. The van der Waals surface area contributed by atoms with Gasteiger partial charge in [-0.2, -0.15) is 0 Å². The van der Waals surface area contributed by atoms with Gasteiger partial charge in [-0.3, -0.25) is 0 Å². The second-order valence-electron chi connectivity index (χ2n) is 5.86. The van der Waals surface area contributed by atoms with Gasteiger partial charge in [-0.15, -0.1) is 5.10 Å². The van der Waals surface area contributed by atoms with Crippen molar-refractivity contribution in [1.29, 1.82) is 0 Å². The Morgan fingerprint density at radius 1 is 0.926 bits per heavy atom. The first kappa shape index (κ1) is 17.0. The van der Waals surface area contributed by atoms with Crippen LogP contribution in [0.5, 0.6) is 0 Å². The lowest BCUT2D eigenvalue weighted by Crippen LogP contribution is -2.17. The van der Waals surface area contributed by atoms with Crippen LogP contribution in [0.3, 0.4) is 0 Å². The van der Waals surface area contributed by atoms with Gasteiger partial charge in [-0.05, 0) is 40.3 Å². The highest BCUT2D eigenvalue weighted by molar-refractivity contribution is 5.78. The molecule has 2 aromatic heterocycles. The molecular weight excluding hydrogens is 349 g/mol. The molecule has 27 heavy (non-hydrogen) atoms. The van der Waals surface area contributed by atoms with Gasteiger partial charge in [0, 0.05) is 5.39 Å². The Balaban J connectivity index is 1.36. The topological polar surface area (TPSA) is 75.0 Å². The lowest BCUT2D eigenvalue weighted by molar-refractivity contribution is 0.0329. The van der Waals surface area contributed by atoms with E-state index in [0.717, 1.165) is 10.9 Å². The van der Waals surface area contributed by atoms with Gasteiger partial charge in [-0.25, -0.2) is 9.37 Å². The van der Waals surface area contributed by atoms with E-state index in [1.54, 1.807) is 18.2 Å². The van der Waals surface area contributed by atoms with Gasteiger partial charge in [0.2, 0.25) is 5.82 Å². The van der Waals surface area contributed by atoms with Crippen molar-refractivity contribution in [3.8, 4) is 0 Å². The van der Waals surface area contributed by atoms with Crippen LogP contribution in [0.25, 0.3) is 10.9 Å². The van der Waals surface area contributed by atoms with E-state index in [-0.39, 0.29) is 19.0 Å². The van der Waals surface area contributed by atoms with Gasteiger partial charge in [0.25, 0.3) is 0 Å². The van der Waals surface area contributed by atoms with Gasteiger partial charge in [0.05, 0.1) is 17.8 Å². The lowest BCUT2D eigenvalue weighted by Gasteiger charge is -2.08. The van der Waals surface area contributed by atoms with Crippen LogP contribution < -0.4 is 4.84 Å². The summed E-state index contributed by atoms with van der Waals surface area (Å²) in [7, 11) is 0. The number of hydrogen-bond acceptors (Lipinski definition) is 6. The van der Waals surface area contributed by atoms with E-state index in [0.29, 0.717) is 23.6 Å². The zero-order valence-corrected chi connectivity index (χ0v) is 14.3. The molecule has 7 nitrogen and oxygen atoms in total. The standard InChI is InChI=1S/C19H16FN5O2/c20-16-7-9-18-15(10-16)6-8-17(21-18)12-27-25-19(22-23-24-25)13-26-11-14-4-2-1-3-5-14/h1-10H,11-13H2. The number of pyridine rings is 1. The van der Waals surface area contributed by atoms with E-state index in [1.807, 2.05) is 30.3 Å². The summed E-state index contributed by atoms with van der Waals surface area (Å²) in [5, 5.41) is 12.1. The van der Waals surface area contributed by atoms with Crippen LogP contribution in [-0.2, 0) is 24.6 Å². The zero-order chi connectivity index (χ0) is 18.5. The van der Waals surface area contributed by atoms with E-state index in [2.05, 4.69) is 20.5 Å². The third-order valence-corrected chi connectivity index (χ3v) is 3.89. The van der Waals surface area contributed by atoms with Gasteiger partial charge in [-0.1, -0.05) is 41.2 Å². The predicted octanol–water partition coefficient (Wildman–Crippen LogP) is 2.71. The van der Waals surface area contributed by atoms with Crippen molar-refractivity contribution >= 4 is 10.9 Å². The Hall–Kier alpha value is -3.39. The second-order valence-corrected chi connectivity index (χ2v) is 5.86. The van der Waals surface area contributed by atoms with Crippen LogP contribution >= 0.6 is 0 Å². The molecule has 0 atom stereocenters. The molecule has 0 saturated carbocycles. The highest BCUT2D eigenvalue weighted by Gasteiger charge is 2.09. The van der Waals surface area contributed by atoms with Gasteiger partial charge < -0.3 is 9.57 Å². The largest absolute Gasteiger partial charge is 0.387 e. The van der Waals surface area contributed by atoms with E-state index < -0.39 is 0 Å². The Kier molecular flexibility index (Phi) is 4.97. The fourth-order valence-corrected chi connectivity index (χ4v) is 2.56. The summed E-state index contributed by atoms with van der Waals surface area (Å²) >= 11 is 0. The Labute approximate surface area is 154 Å². The summed E-state index contributed by atoms with van der Waals surface area (Å²) in [5.74, 6) is 0.163. The molecule has 0 bridgehead atoms. The molecule has 0 saturated heterocycles. The molecule has 136 valence electrons. The highest BCUT2D eigenvalue weighted by atomic mass is 19.1. The molecule has 0 spiro atoms. The number of ether oxygens (including phenoxy) is 1. The normalized spacial score (nSPS) is 11.0. The van der Waals surface area contributed by atoms with Gasteiger partial charge in [0.15, 0.2) is 6.61 Å². The summed E-state index contributed by atoms with van der Waals surface area (Å²) < 4.78 is 18.9. The van der Waals surface area contributed by atoms with Crippen LogP contribution in [-0.4, -0.2) is 25.4 Å². The number of benzene rings is 2. The number of rotatable bonds is 7. The SMILES string of the molecule is Fc1ccc2nc(COn3nnnc3COCc3ccccc3)ccc2c1. The monoisotopic (exact) mass is 365 g/mol. The first-order valence-electron chi connectivity index (χ1n) is 8.35. The average molecular weight is 365 g/mol. The maximum atomic E-state index is 13.2. The minimum Gasteiger partial charge on any atom is -0.387 e. The summed E-state index contributed by atoms with van der Waals surface area (Å²) in [6, 6.07) is 17.9. The fourth-order valence-electron chi connectivity index (χ4n) is 2.56. The minimum absolute atomic E-state index is 0.171. The van der Waals surface area contributed by atoms with E-state index in [1.165, 1.54) is 17.0 Å². The van der Waals surface area contributed by atoms with Crippen molar-refractivity contribution < 1.29 is 14.0 Å². The number of aromatic nitrogens is 5. The van der Waals surface area contributed by atoms with E-state index >= 15 is 0 Å². The Bertz CT molecular complexity index is 1040. The molecule has 0 aliphatic rings. The Morgan fingerprint density at radius 3 is 2.70 bits per heavy atom. The molecule has 4 aromatic rings. The van der Waals surface area contributed by atoms with Crippen LogP contribution in [0.4, 0.5) is 4.39 Å². The molecule has 0 amide bonds. The predicted molar refractivity (Wildman–Crippen MR) is 94.7 cm³/mol.